The molecule has 0 atom stereocenters. The van der Waals surface area contributed by atoms with Crippen LogP contribution in [0.25, 0.3) is 0 Å². The lowest BCUT2D eigenvalue weighted by molar-refractivity contribution is 0.0348. The Morgan fingerprint density at radius 3 is 2.47 bits per heavy atom. The first kappa shape index (κ1) is 14.7. The van der Waals surface area contributed by atoms with E-state index >= 15 is 0 Å². The third-order valence-corrected chi connectivity index (χ3v) is 1.80. The second kappa shape index (κ2) is 10.2. The van der Waals surface area contributed by atoms with Gasteiger partial charge in [0.05, 0.1) is 33.0 Å². The van der Waals surface area contributed by atoms with E-state index in [0.717, 1.165) is 0 Å². The van der Waals surface area contributed by atoms with Crippen LogP contribution in [0.15, 0.2) is 0 Å². The Morgan fingerprint density at radius 1 is 1.20 bits per heavy atom. The fourth-order valence-corrected chi connectivity index (χ4v) is 1.07. The molecular weight excluding hydrogens is 208 g/mol. The van der Waals surface area contributed by atoms with Crippen molar-refractivity contribution < 1.29 is 23.4 Å². The van der Waals surface area contributed by atoms with Crippen LogP contribution in [0.3, 0.4) is 0 Å². The summed E-state index contributed by atoms with van der Waals surface area (Å²) in [5.74, 6) is 0. The van der Waals surface area contributed by atoms with Crippen LogP contribution in [0.2, 0.25) is 0 Å². The SMILES string of the molecule is COCCOCCN(CCO)CC(F)F. The molecule has 1 N–H and O–H groups in total. The lowest BCUT2D eigenvalue weighted by Gasteiger charge is -2.20. The molecule has 0 spiro atoms. The molecule has 4 nitrogen and oxygen atoms in total. The molecule has 0 bridgehead atoms. The first-order chi connectivity index (χ1) is 7.20. The summed E-state index contributed by atoms with van der Waals surface area (Å²) >= 11 is 0. The quantitative estimate of drug-likeness (QED) is 0.542. The van der Waals surface area contributed by atoms with E-state index in [-0.39, 0.29) is 19.7 Å². The van der Waals surface area contributed by atoms with Gasteiger partial charge in [-0.1, -0.05) is 0 Å². The van der Waals surface area contributed by atoms with Gasteiger partial charge in [0.1, 0.15) is 0 Å². The van der Waals surface area contributed by atoms with E-state index in [9.17, 15) is 8.78 Å². The normalized spacial score (nSPS) is 11.6. The van der Waals surface area contributed by atoms with Crippen molar-refractivity contribution >= 4 is 0 Å². The standard InChI is InChI=1S/C9H19F2NO3/c1-14-6-7-15-5-3-12(2-4-13)8-9(10)11/h9,13H,2-8H2,1H3. The summed E-state index contributed by atoms with van der Waals surface area (Å²) < 4.78 is 34.0. The Labute approximate surface area is 88.8 Å². The van der Waals surface area contributed by atoms with Gasteiger partial charge in [-0.05, 0) is 0 Å². The average molecular weight is 227 g/mol. The van der Waals surface area contributed by atoms with Crippen LogP contribution in [0.4, 0.5) is 8.78 Å². The van der Waals surface area contributed by atoms with Crippen LogP contribution in [0, 0.1) is 0 Å². The third kappa shape index (κ3) is 9.99. The Balaban J connectivity index is 3.47. The molecule has 0 amide bonds. The van der Waals surface area contributed by atoms with Crippen LogP contribution < -0.4 is 0 Å². The zero-order chi connectivity index (χ0) is 11.5. The maximum absolute atomic E-state index is 12.1. The Morgan fingerprint density at radius 2 is 1.93 bits per heavy atom. The summed E-state index contributed by atoms with van der Waals surface area (Å²) in [4.78, 5) is 1.47. The summed E-state index contributed by atoms with van der Waals surface area (Å²) in [6, 6.07) is 0. The molecule has 92 valence electrons. The van der Waals surface area contributed by atoms with Gasteiger partial charge in [-0.2, -0.15) is 0 Å². The van der Waals surface area contributed by atoms with E-state index in [1.165, 1.54) is 4.90 Å². The van der Waals surface area contributed by atoms with Crippen molar-refractivity contribution in [2.24, 2.45) is 0 Å². The van der Waals surface area contributed by atoms with Crippen LogP contribution in [0.1, 0.15) is 0 Å². The summed E-state index contributed by atoms with van der Waals surface area (Å²) in [5, 5.41) is 8.64. The van der Waals surface area contributed by atoms with E-state index in [0.29, 0.717) is 26.4 Å². The zero-order valence-electron chi connectivity index (χ0n) is 8.99. The summed E-state index contributed by atoms with van der Waals surface area (Å²) in [6.45, 7) is 1.52. The molecule has 0 aliphatic carbocycles. The number of hydrogen-bond acceptors (Lipinski definition) is 4. The van der Waals surface area contributed by atoms with Gasteiger partial charge in [-0.3, -0.25) is 4.90 Å². The molecule has 0 fully saturated rings. The minimum Gasteiger partial charge on any atom is -0.395 e. The van der Waals surface area contributed by atoms with Gasteiger partial charge >= 0.3 is 0 Å². The second-order valence-corrected chi connectivity index (χ2v) is 3.02. The number of alkyl halides is 2. The highest BCUT2D eigenvalue weighted by molar-refractivity contribution is 4.58. The molecule has 0 aromatic carbocycles. The zero-order valence-corrected chi connectivity index (χ0v) is 8.99. The number of hydrogen-bond donors (Lipinski definition) is 1. The minimum absolute atomic E-state index is 0.120. The van der Waals surface area contributed by atoms with Gasteiger partial charge in [0.2, 0.25) is 0 Å². The minimum atomic E-state index is -2.38. The van der Waals surface area contributed by atoms with Crippen molar-refractivity contribution in [3.8, 4) is 0 Å². The fraction of sp³-hybridized carbons (Fsp3) is 1.00. The van der Waals surface area contributed by atoms with Crippen molar-refractivity contribution in [2.45, 2.75) is 6.43 Å². The molecule has 15 heavy (non-hydrogen) atoms. The van der Waals surface area contributed by atoms with Gasteiger partial charge in [0.25, 0.3) is 6.43 Å². The smallest absolute Gasteiger partial charge is 0.251 e. The molecule has 0 aromatic heterocycles. The summed E-state index contributed by atoms with van der Waals surface area (Å²) in [7, 11) is 1.57. The van der Waals surface area contributed by atoms with E-state index < -0.39 is 6.43 Å². The van der Waals surface area contributed by atoms with Gasteiger partial charge in [-0.15, -0.1) is 0 Å². The fourth-order valence-electron chi connectivity index (χ4n) is 1.07. The van der Waals surface area contributed by atoms with Gasteiger partial charge in [0.15, 0.2) is 0 Å². The molecule has 0 aromatic rings. The highest BCUT2D eigenvalue weighted by atomic mass is 19.3. The third-order valence-electron chi connectivity index (χ3n) is 1.80. The van der Waals surface area contributed by atoms with Crippen LogP contribution in [-0.4, -0.2) is 69.6 Å². The van der Waals surface area contributed by atoms with E-state index in [2.05, 4.69) is 0 Å². The second-order valence-electron chi connectivity index (χ2n) is 3.02. The monoisotopic (exact) mass is 227 g/mol. The van der Waals surface area contributed by atoms with Crippen LogP contribution in [0.5, 0.6) is 0 Å². The molecule has 0 heterocycles. The van der Waals surface area contributed by atoms with Crippen LogP contribution >= 0.6 is 0 Å². The molecule has 0 rings (SSSR count). The lowest BCUT2D eigenvalue weighted by atomic mass is 10.4. The number of ether oxygens (including phenoxy) is 2. The van der Waals surface area contributed by atoms with Crippen molar-refractivity contribution in [3.05, 3.63) is 0 Å². The first-order valence-electron chi connectivity index (χ1n) is 4.88. The van der Waals surface area contributed by atoms with Gasteiger partial charge < -0.3 is 14.6 Å². The lowest BCUT2D eigenvalue weighted by Crippen LogP contribution is -2.34. The van der Waals surface area contributed by atoms with Gasteiger partial charge in [-0.25, -0.2) is 8.78 Å². The topological polar surface area (TPSA) is 41.9 Å². The number of halogens is 2. The number of nitrogens with zero attached hydrogens (tertiary/aromatic N) is 1. The molecule has 0 aliphatic heterocycles. The number of aliphatic hydroxyl groups is 1. The maximum Gasteiger partial charge on any atom is 0.251 e. The number of rotatable bonds is 10. The molecular formula is C9H19F2NO3. The summed E-state index contributed by atoms with van der Waals surface area (Å²) in [6.07, 6.45) is -2.38. The van der Waals surface area contributed by atoms with Crippen molar-refractivity contribution in [3.63, 3.8) is 0 Å². The van der Waals surface area contributed by atoms with Crippen molar-refractivity contribution in [1.82, 2.24) is 4.90 Å². The maximum atomic E-state index is 12.1. The highest BCUT2D eigenvalue weighted by Crippen LogP contribution is 1.97. The van der Waals surface area contributed by atoms with Crippen molar-refractivity contribution in [1.29, 1.82) is 0 Å². The van der Waals surface area contributed by atoms with E-state index in [4.69, 9.17) is 14.6 Å². The molecule has 0 aliphatic rings. The Hall–Kier alpha value is -0.300. The molecule has 0 unspecified atom stereocenters. The first-order valence-corrected chi connectivity index (χ1v) is 4.88. The molecule has 6 heteroatoms. The number of methoxy groups -OCH3 is 1. The van der Waals surface area contributed by atoms with Crippen LogP contribution in [-0.2, 0) is 9.47 Å². The van der Waals surface area contributed by atoms with E-state index in [1.54, 1.807) is 7.11 Å². The molecule has 0 saturated carbocycles. The summed E-state index contributed by atoms with van der Waals surface area (Å²) in [5.41, 5.74) is 0. The van der Waals surface area contributed by atoms with Gasteiger partial charge in [0, 0.05) is 20.2 Å². The molecule has 0 radical (unpaired) electrons. The van der Waals surface area contributed by atoms with Crippen molar-refractivity contribution in [2.75, 3.05) is 53.2 Å². The van der Waals surface area contributed by atoms with E-state index in [1.807, 2.05) is 0 Å². The predicted molar refractivity (Wildman–Crippen MR) is 52.2 cm³/mol. The Kier molecular flexibility index (Phi) is 10.0. The predicted octanol–water partition coefficient (Wildman–Crippen LogP) is 0.209. The molecule has 0 saturated heterocycles. The highest BCUT2D eigenvalue weighted by Gasteiger charge is 2.10. The number of aliphatic hydroxyl groups excluding tert-OH is 1. The average Bonchev–Trinajstić information content (AvgIpc) is 2.17. The largest absolute Gasteiger partial charge is 0.395 e. The Bertz CT molecular complexity index is 139.